The Hall–Kier alpha value is -3.15. The molecular formula is C62H108O6. The van der Waals surface area contributed by atoms with Crippen LogP contribution in [-0.4, -0.2) is 37.2 Å². The number of hydrogen-bond donors (Lipinski definition) is 0. The summed E-state index contributed by atoms with van der Waals surface area (Å²) in [6.45, 7) is 6.50. The quantitative estimate of drug-likeness (QED) is 0.0262. The van der Waals surface area contributed by atoms with Crippen molar-refractivity contribution in [1.29, 1.82) is 0 Å². The topological polar surface area (TPSA) is 78.9 Å². The molecule has 0 rings (SSSR count). The van der Waals surface area contributed by atoms with E-state index in [2.05, 4.69) is 93.7 Å². The van der Waals surface area contributed by atoms with E-state index < -0.39 is 6.10 Å². The van der Waals surface area contributed by atoms with Gasteiger partial charge in [0.1, 0.15) is 13.2 Å². The van der Waals surface area contributed by atoms with Gasteiger partial charge in [-0.25, -0.2) is 0 Å². The van der Waals surface area contributed by atoms with Crippen LogP contribution in [0.2, 0.25) is 0 Å². The van der Waals surface area contributed by atoms with Crippen LogP contribution in [0.5, 0.6) is 0 Å². The van der Waals surface area contributed by atoms with Gasteiger partial charge in [0, 0.05) is 19.3 Å². The number of ether oxygens (including phenoxy) is 3. The van der Waals surface area contributed by atoms with Gasteiger partial charge in [-0.2, -0.15) is 0 Å². The lowest BCUT2D eigenvalue weighted by Crippen LogP contribution is -2.30. The van der Waals surface area contributed by atoms with Gasteiger partial charge in [0.2, 0.25) is 0 Å². The SMILES string of the molecule is CC/C=C\C/C=C\C/C=C\CCCCCCCC(=O)OCC(COC(=O)CCCCCCCCCCC/C=C\C/C=C\CCCCC)OC(=O)CCCCCCC/C=C\CCCCCCCCC. The van der Waals surface area contributed by atoms with Gasteiger partial charge in [0.25, 0.3) is 0 Å². The summed E-state index contributed by atoms with van der Waals surface area (Å²) in [5.41, 5.74) is 0. The van der Waals surface area contributed by atoms with E-state index in [4.69, 9.17) is 14.2 Å². The molecule has 0 aromatic rings. The lowest BCUT2D eigenvalue weighted by molar-refractivity contribution is -0.167. The van der Waals surface area contributed by atoms with Crippen LogP contribution < -0.4 is 0 Å². The molecule has 0 aliphatic heterocycles. The Balaban J connectivity index is 4.40. The Morgan fingerprint density at radius 1 is 0.309 bits per heavy atom. The average Bonchev–Trinajstić information content (AvgIpc) is 3.34. The second-order valence-electron chi connectivity index (χ2n) is 19.2. The van der Waals surface area contributed by atoms with Crippen LogP contribution in [-0.2, 0) is 28.6 Å². The fourth-order valence-corrected chi connectivity index (χ4v) is 8.07. The van der Waals surface area contributed by atoms with Crippen molar-refractivity contribution in [2.24, 2.45) is 0 Å². The first kappa shape index (κ1) is 64.8. The van der Waals surface area contributed by atoms with Crippen LogP contribution in [0.15, 0.2) is 72.9 Å². The summed E-state index contributed by atoms with van der Waals surface area (Å²) in [6.07, 6.45) is 71.7. The minimum Gasteiger partial charge on any atom is -0.462 e. The zero-order valence-electron chi connectivity index (χ0n) is 44.9. The minimum absolute atomic E-state index is 0.0860. The van der Waals surface area contributed by atoms with Crippen molar-refractivity contribution in [1.82, 2.24) is 0 Å². The number of carbonyl (C=O) groups excluding carboxylic acids is 3. The van der Waals surface area contributed by atoms with Crippen molar-refractivity contribution in [3.8, 4) is 0 Å². The molecule has 0 heterocycles. The first-order valence-corrected chi connectivity index (χ1v) is 28.9. The molecule has 6 heteroatoms. The van der Waals surface area contributed by atoms with Gasteiger partial charge >= 0.3 is 17.9 Å². The summed E-state index contributed by atoms with van der Waals surface area (Å²) < 4.78 is 16.9. The van der Waals surface area contributed by atoms with Crippen molar-refractivity contribution in [2.45, 2.75) is 290 Å². The van der Waals surface area contributed by atoms with Crippen molar-refractivity contribution in [3.05, 3.63) is 72.9 Å². The number of esters is 3. The van der Waals surface area contributed by atoms with E-state index in [0.29, 0.717) is 19.3 Å². The maximum atomic E-state index is 12.9. The number of rotatable bonds is 52. The summed E-state index contributed by atoms with van der Waals surface area (Å²) in [5.74, 6) is -0.907. The Bertz CT molecular complexity index is 1270. The van der Waals surface area contributed by atoms with E-state index in [0.717, 1.165) is 116 Å². The van der Waals surface area contributed by atoms with Gasteiger partial charge in [0.15, 0.2) is 6.10 Å². The highest BCUT2D eigenvalue weighted by molar-refractivity contribution is 5.71. The van der Waals surface area contributed by atoms with Crippen LogP contribution in [0, 0.1) is 0 Å². The standard InChI is InChI=1S/C62H108O6/c1-4-7-10-13-16-19-22-25-28-30-31-32-35-37-40-43-46-49-52-55-61(64)67-58-59(57-66-60(63)54-51-48-45-42-39-36-33-27-24-21-18-15-12-9-6-3)68-62(65)56-53-50-47-44-41-38-34-29-26-23-20-17-14-11-8-5-2/h9,12,16,18-19,21,25,27-29,33-34,59H,4-8,10-11,13-15,17,20,22-24,26,30-32,35-58H2,1-3H3/b12-9-,19-16-,21-18-,28-25-,33-27-,34-29-. The van der Waals surface area contributed by atoms with Gasteiger partial charge in [-0.15, -0.1) is 0 Å². The van der Waals surface area contributed by atoms with E-state index in [1.807, 2.05) is 0 Å². The highest BCUT2D eigenvalue weighted by Gasteiger charge is 2.19. The van der Waals surface area contributed by atoms with Crippen molar-refractivity contribution < 1.29 is 28.6 Å². The summed E-state index contributed by atoms with van der Waals surface area (Å²) in [4.78, 5) is 38.2. The summed E-state index contributed by atoms with van der Waals surface area (Å²) in [5, 5.41) is 0. The fraction of sp³-hybridized carbons (Fsp3) is 0.758. The lowest BCUT2D eigenvalue weighted by atomic mass is 10.1. The van der Waals surface area contributed by atoms with Gasteiger partial charge in [0.05, 0.1) is 0 Å². The van der Waals surface area contributed by atoms with Crippen LogP contribution in [0.25, 0.3) is 0 Å². The van der Waals surface area contributed by atoms with Crippen LogP contribution in [0.3, 0.4) is 0 Å². The van der Waals surface area contributed by atoms with E-state index in [9.17, 15) is 14.4 Å². The molecule has 6 nitrogen and oxygen atoms in total. The Kier molecular flexibility index (Phi) is 53.8. The Morgan fingerprint density at radius 2 is 0.574 bits per heavy atom. The molecule has 0 saturated heterocycles. The minimum atomic E-state index is -0.789. The smallest absolute Gasteiger partial charge is 0.306 e. The summed E-state index contributed by atoms with van der Waals surface area (Å²) in [7, 11) is 0. The van der Waals surface area contributed by atoms with E-state index in [-0.39, 0.29) is 31.1 Å². The predicted molar refractivity (Wildman–Crippen MR) is 293 cm³/mol. The second kappa shape index (κ2) is 56.4. The fourth-order valence-electron chi connectivity index (χ4n) is 8.07. The molecule has 0 saturated carbocycles. The molecule has 392 valence electrons. The molecule has 0 aromatic heterocycles. The molecule has 0 fully saturated rings. The molecule has 0 amide bonds. The first-order valence-electron chi connectivity index (χ1n) is 28.9. The normalized spacial score (nSPS) is 12.6. The lowest BCUT2D eigenvalue weighted by Gasteiger charge is -2.18. The van der Waals surface area contributed by atoms with E-state index in [1.165, 1.54) is 128 Å². The molecule has 0 radical (unpaired) electrons. The predicted octanol–water partition coefficient (Wildman–Crippen LogP) is 19.4. The molecule has 0 aliphatic carbocycles. The van der Waals surface area contributed by atoms with Crippen molar-refractivity contribution in [3.63, 3.8) is 0 Å². The van der Waals surface area contributed by atoms with Gasteiger partial charge in [-0.3, -0.25) is 14.4 Å². The van der Waals surface area contributed by atoms with E-state index >= 15 is 0 Å². The van der Waals surface area contributed by atoms with Gasteiger partial charge in [-0.05, 0) is 109 Å². The molecule has 0 spiro atoms. The molecule has 1 atom stereocenters. The average molecular weight is 950 g/mol. The third-order valence-electron chi connectivity index (χ3n) is 12.4. The zero-order valence-corrected chi connectivity index (χ0v) is 44.9. The van der Waals surface area contributed by atoms with Crippen LogP contribution in [0.1, 0.15) is 284 Å². The van der Waals surface area contributed by atoms with E-state index in [1.54, 1.807) is 0 Å². The van der Waals surface area contributed by atoms with Gasteiger partial charge < -0.3 is 14.2 Å². The van der Waals surface area contributed by atoms with Crippen LogP contribution >= 0.6 is 0 Å². The Labute approximate surface area is 421 Å². The molecule has 68 heavy (non-hydrogen) atoms. The zero-order chi connectivity index (χ0) is 49.3. The molecule has 0 aliphatic rings. The van der Waals surface area contributed by atoms with Crippen LogP contribution in [0.4, 0.5) is 0 Å². The highest BCUT2D eigenvalue weighted by Crippen LogP contribution is 2.15. The monoisotopic (exact) mass is 949 g/mol. The summed E-state index contributed by atoms with van der Waals surface area (Å²) >= 11 is 0. The molecule has 0 N–H and O–H groups in total. The number of carbonyl (C=O) groups is 3. The van der Waals surface area contributed by atoms with Crippen molar-refractivity contribution >= 4 is 17.9 Å². The Morgan fingerprint density at radius 3 is 0.941 bits per heavy atom. The maximum absolute atomic E-state index is 12.9. The first-order chi connectivity index (χ1) is 33.5. The third kappa shape index (κ3) is 53.8. The molecular weight excluding hydrogens is 841 g/mol. The third-order valence-corrected chi connectivity index (χ3v) is 12.4. The number of allylic oxidation sites excluding steroid dienone is 12. The van der Waals surface area contributed by atoms with Crippen molar-refractivity contribution in [2.75, 3.05) is 13.2 Å². The number of hydrogen-bond acceptors (Lipinski definition) is 6. The molecule has 0 aromatic carbocycles. The largest absolute Gasteiger partial charge is 0.462 e. The van der Waals surface area contributed by atoms with Gasteiger partial charge in [-0.1, -0.05) is 229 Å². The molecule has 1 unspecified atom stereocenters. The number of unbranched alkanes of at least 4 members (excludes halogenated alkanes) is 29. The molecule has 0 bridgehead atoms. The summed E-state index contributed by atoms with van der Waals surface area (Å²) in [6, 6.07) is 0. The second-order valence-corrected chi connectivity index (χ2v) is 19.2. The highest BCUT2D eigenvalue weighted by atomic mass is 16.6. The maximum Gasteiger partial charge on any atom is 0.306 e.